The van der Waals surface area contributed by atoms with Gasteiger partial charge in [-0.05, 0) is 31.6 Å². The molecule has 0 amide bonds. The summed E-state index contributed by atoms with van der Waals surface area (Å²) in [5, 5.41) is 0. The third-order valence-corrected chi connectivity index (χ3v) is 3.16. The minimum atomic E-state index is 0.399. The Morgan fingerprint density at radius 1 is 1.13 bits per heavy atom. The maximum Gasteiger partial charge on any atom is 0.132 e. The van der Waals surface area contributed by atoms with Crippen LogP contribution in [-0.2, 0) is 4.79 Å². The summed E-state index contributed by atoms with van der Waals surface area (Å²) >= 11 is 0. The average Bonchev–Trinajstić information content (AvgIpc) is 2.26. The van der Waals surface area contributed by atoms with Gasteiger partial charge in [0.2, 0.25) is 0 Å². The van der Waals surface area contributed by atoms with Crippen LogP contribution in [0.2, 0.25) is 0 Å². The van der Waals surface area contributed by atoms with Crippen molar-refractivity contribution < 1.29 is 4.79 Å². The van der Waals surface area contributed by atoms with Crippen molar-refractivity contribution in [2.45, 2.75) is 65.7 Å². The van der Waals surface area contributed by atoms with Gasteiger partial charge in [0.25, 0.3) is 0 Å². The van der Waals surface area contributed by atoms with E-state index < -0.39 is 0 Å². The van der Waals surface area contributed by atoms with Crippen LogP contribution < -0.4 is 0 Å². The molecule has 1 atom stereocenters. The number of hydrogen-bond acceptors (Lipinski definition) is 1. The Morgan fingerprint density at radius 3 is 2.27 bits per heavy atom. The van der Waals surface area contributed by atoms with E-state index in [-0.39, 0.29) is 0 Å². The maximum atomic E-state index is 11.0. The Bertz CT molecular complexity index is 194. The number of Topliss-reactive ketones (excluding diaryl/α,β-unsaturated/α-hetero) is 1. The van der Waals surface area contributed by atoms with Crippen LogP contribution in [-0.4, -0.2) is 5.78 Å². The SMILES string of the molecule is C=C(CCCCCC(=O)CC)C(C)CC. The Kier molecular flexibility index (Phi) is 8.35. The Labute approximate surface area is 95.0 Å². The van der Waals surface area contributed by atoms with Gasteiger partial charge in [-0.15, -0.1) is 0 Å². The van der Waals surface area contributed by atoms with Gasteiger partial charge < -0.3 is 0 Å². The van der Waals surface area contributed by atoms with Crippen molar-refractivity contribution in [2.75, 3.05) is 0 Å². The van der Waals surface area contributed by atoms with Crippen LogP contribution in [0.3, 0.4) is 0 Å². The molecule has 0 fully saturated rings. The number of rotatable bonds is 9. The quantitative estimate of drug-likeness (QED) is 0.404. The van der Waals surface area contributed by atoms with Crippen LogP contribution in [0.5, 0.6) is 0 Å². The molecule has 0 aliphatic carbocycles. The lowest BCUT2D eigenvalue weighted by Crippen LogP contribution is -1.97. The highest BCUT2D eigenvalue weighted by atomic mass is 16.1. The topological polar surface area (TPSA) is 17.1 Å². The van der Waals surface area contributed by atoms with Crippen molar-refractivity contribution in [3.63, 3.8) is 0 Å². The molecule has 0 radical (unpaired) electrons. The summed E-state index contributed by atoms with van der Waals surface area (Å²) in [6.07, 6.45) is 7.20. The second kappa shape index (κ2) is 8.70. The van der Waals surface area contributed by atoms with Gasteiger partial charge in [0.05, 0.1) is 0 Å². The molecule has 0 aliphatic heterocycles. The molecule has 0 bridgehead atoms. The molecule has 0 N–H and O–H groups in total. The van der Waals surface area contributed by atoms with Crippen LogP contribution in [0.25, 0.3) is 0 Å². The van der Waals surface area contributed by atoms with Gasteiger partial charge in [-0.1, -0.05) is 39.3 Å². The van der Waals surface area contributed by atoms with E-state index in [1.165, 1.54) is 24.8 Å². The fraction of sp³-hybridized carbons (Fsp3) is 0.786. The van der Waals surface area contributed by atoms with Crippen LogP contribution in [0.1, 0.15) is 65.7 Å². The number of carbonyl (C=O) groups excluding carboxylic acids is 1. The summed E-state index contributed by atoms with van der Waals surface area (Å²) in [5.41, 5.74) is 1.37. The van der Waals surface area contributed by atoms with Crippen molar-refractivity contribution in [3.05, 3.63) is 12.2 Å². The third-order valence-electron chi connectivity index (χ3n) is 3.16. The molecule has 0 saturated carbocycles. The lowest BCUT2D eigenvalue weighted by molar-refractivity contribution is -0.118. The van der Waals surface area contributed by atoms with E-state index >= 15 is 0 Å². The number of carbonyl (C=O) groups is 1. The van der Waals surface area contributed by atoms with Gasteiger partial charge in [0.1, 0.15) is 5.78 Å². The lowest BCUT2D eigenvalue weighted by atomic mass is 9.95. The lowest BCUT2D eigenvalue weighted by Gasteiger charge is -2.11. The monoisotopic (exact) mass is 210 g/mol. The fourth-order valence-electron chi connectivity index (χ4n) is 1.56. The molecule has 0 heterocycles. The first kappa shape index (κ1) is 14.4. The minimum absolute atomic E-state index is 0.399. The van der Waals surface area contributed by atoms with E-state index in [2.05, 4.69) is 20.4 Å². The summed E-state index contributed by atoms with van der Waals surface area (Å²) in [6, 6.07) is 0. The van der Waals surface area contributed by atoms with Crippen molar-refractivity contribution in [3.8, 4) is 0 Å². The van der Waals surface area contributed by atoms with Gasteiger partial charge in [0.15, 0.2) is 0 Å². The van der Waals surface area contributed by atoms with E-state index in [0.717, 1.165) is 19.3 Å². The van der Waals surface area contributed by atoms with Crippen molar-refractivity contribution in [1.29, 1.82) is 0 Å². The average molecular weight is 210 g/mol. The molecule has 0 aromatic rings. The zero-order chi connectivity index (χ0) is 11.7. The zero-order valence-electron chi connectivity index (χ0n) is 10.6. The van der Waals surface area contributed by atoms with E-state index in [1.54, 1.807) is 0 Å². The Morgan fingerprint density at radius 2 is 1.73 bits per heavy atom. The van der Waals surface area contributed by atoms with Crippen LogP contribution >= 0.6 is 0 Å². The minimum Gasteiger partial charge on any atom is -0.300 e. The molecule has 1 heteroatoms. The second-order valence-corrected chi connectivity index (χ2v) is 4.42. The molecule has 1 unspecified atom stereocenters. The molecular formula is C14H26O. The van der Waals surface area contributed by atoms with Crippen molar-refractivity contribution >= 4 is 5.78 Å². The van der Waals surface area contributed by atoms with Gasteiger partial charge in [0, 0.05) is 12.8 Å². The predicted octanol–water partition coefficient (Wildman–Crippen LogP) is 4.52. The fourth-order valence-corrected chi connectivity index (χ4v) is 1.56. The zero-order valence-corrected chi connectivity index (χ0v) is 10.6. The van der Waals surface area contributed by atoms with Crippen LogP contribution in [0, 0.1) is 5.92 Å². The molecule has 0 aromatic carbocycles. The first-order valence-corrected chi connectivity index (χ1v) is 6.31. The predicted molar refractivity (Wildman–Crippen MR) is 67.0 cm³/mol. The number of ketones is 1. The molecular weight excluding hydrogens is 184 g/mol. The van der Waals surface area contributed by atoms with Gasteiger partial charge in [-0.2, -0.15) is 0 Å². The molecule has 0 rings (SSSR count). The van der Waals surface area contributed by atoms with Gasteiger partial charge in [-0.25, -0.2) is 0 Å². The summed E-state index contributed by atoms with van der Waals surface area (Å²) in [5.74, 6) is 1.05. The normalized spacial score (nSPS) is 12.5. The van der Waals surface area contributed by atoms with E-state index in [9.17, 15) is 4.79 Å². The van der Waals surface area contributed by atoms with Crippen LogP contribution in [0.15, 0.2) is 12.2 Å². The summed E-state index contributed by atoms with van der Waals surface area (Å²) in [4.78, 5) is 11.0. The highest BCUT2D eigenvalue weighted by molar-refractivity contribution is 5.77. The Balaban J connectivity index is 3.39. The van der Waals surface area contributed by atoms with E-state index in [0.29, 0.717) is 18.1 Å². The highest BCUT2D eigenvalue weighted by Crippen LogP contribution is 2.18. The number of allylic oxidation sites excluding steroid dienone is 1. The standard InChI is InChI=1S/C14H26O/c1-5-12(3)13(4)10-8-7-9-11-14(15)6-2/h12H,4-11H2,1-3H3. The number of hydrogen-bond donors (Lipinski definition) is 0. The number of unbranched alkanes of at least 4 members (excludes halogenated alkanes) is 2. The van der Waals surface area contributed by atoms with Crippen molar-refractivity contribution in [2.24, 2.45) is 5.92 Å². The molecule has 1 nitrogen and oxygen atoms in total. The molecule has 0 saturated heterocycles. The molecule has 0 spiro atoms. The molecule has 0 aromatic heterocycles. The van der Waals surface area contributed by atoms with Gasteiger partial charge in [-0.3, -0.25) is 4.79 Å². The molecule has 15 heavy (non-hydrogen) atoms. The van der Waals surface area contributed by atoms with Gasteiger partial charge >= 0.3 is 0 Å². The first-order valence-electron chi connectivity index (χ1n) is 6.31. The first-order chi connectivity index (χ1) is 7.11. The van der Waals surface area contributed by atoms with E-state index in [1.807, 2.05) is 6.92 Å². The largest absolute Gasteiger partial charge is 0.300 e. The smallest absolute Gasteiger partial charge is 0.132 e. The summed E-state index contributed by atoms with van der Waals surface area (Å²) in [6.45, 7) is 10.5. The Hall–Kier alpha value is -0.590. The second-order valence-electron chi connectivity index (χ2n) is 4.42. The molecule has 0 aliphatic rings. The highest BCUT2D eigenvalue weighted by Gasteiger charge is 2.03. The van der Waals surface area contributed by atoms with E-state index in [4.69, 9.17) is 0 Å². The molecule has 88 valence electrons. The van der Waals surface area contributed by atoms with Crippen LogP contribution in [0.4, 0.5) is 0 Å². The maximum absolute atomic E-state index is 11.0. The summed E-state index contributed by atoms with van der Waals surface area (Å²) in [7, 11) is 0. The third kappa shape index (κ3) is 7.35. The van der Waals surface area contributed by atoms with Crippen molar-refractivity contribution in [1.82, 2.24) is 0 Å². The summed E-state index contributed by atoms with van der Waals surface area (Å²) < 4.78 is 0.